The molecular formula is C13H17FN4. The lowest BCUT2D eigenvalue weighted by Gasteiger charge is -2.07. The first kappa shape index (κ1) is 12.7. The number of nitrogens with zero attached hydrogens (tertiary/aromatic N) is 4. The highest BCUT2D eigenvalue weighted by molar-refractivity contribution is 5.29. The van der Waals surface area contributed by atoms with Gasteiger partial charge in [-0.1, -0.05) is 20.8 Å². The maximum atomic E-state index is 14.2. The van der Waals surface area contributed by atoms with E-state index in [-0.39, 0.29) is 11.6 Å². The Balaban J connectivity index is 2.57. The highest BCUT2D eigenvalue weighted by Gasteiger charge is 2.15. The lowest BCUT2D eigenvalue weighted by Crippen LogP contribution is -2.09. The average molecular weight is 248 g/mol. The molecule has 0 atom stereocenters. The Morgan fingerprint density at radius 3 is 2.50 bits per heavy atom. The maximum Gasteiger partial charge on any atom is 0.193 e. The van der Waals surface area contributed by atoms with E-state index in [4.69, 9.17) is 0 Å². The summed E-state index contributed by atoms with van der Waals surface area (Å²) in [5.74, 6) is -0.126. The van der Waals surface area contributed by atoms with Crippen LogP contribution in [0.25, 0.3) is 5.82 Å². The van der Waals surface area contributed by atoms with E-state index in [1.54, 1.807) is 4.68 Å². The zero-order chi connectivity index (χ0) is 13.1. The molecule has 0 aliphatic heterocycles. The van der Waals surface area contributed by atoms with E-state index >= 15 is 0 Å². The van der Waals surface area contributed by atoms with Gasteiger partial charge in [0.1, 0.15) is 6.33 Å². The third-order valence-electron chi connectivity index (χ3n) is 2.94. The lowest BCUT2D eigenvalue weighted by molar-refractivity contribution is 0.569. The molecule has 0 aliphatic carbocycles. The number of hydrogen-bond acceptors (Lipinski definition) is 3. The minimum atomic E-state index is -0.375. The van der Waals surface area contributed by atoms with E-state index in [1.165, 1.54) is 6.33 Å². The van der Waals surface area contributed by atoms with Crippen LogP contribution >= 0.6 is 0 Å². The van der Waals surface area contributed by atoms with Gasteiger partial charge in [0.15, 0.2) is 11.6 Å². The Morgan fingerprint density at radius 2 is 1.89 bits per heavy atom. The monoisotopic (exact) mass is 248 g/mol. The second-order valence-corrected chi connectivity index (χ2v) is 4.06. The number of rotatable bonds is 4. The Bertz CT molecular complexity index is 548. The van der Waals surface area contributed by atoms with Gasteiger partial charge in [-0.3, -0.25) is 0 Å². The molecule has 0 unspecified atom stereocenters. The summed E-state index contributed by atoms with van der Waals surface area (Å²) in [6.07, 6.45) is 3.56. The highest BCUT2D eigenvalue weighted by Crippen LogP contribution is 2.16. The standard InChI is InChI=1S/C13H17FN4/c1-4-9-7-10(5-2)18(17-9)13-12(14)11(6-3)15-8-16-13/h7-8H,4-6H2,1-3H3. The normalized spacial score (nSPS) is 10.9. The summed E-state index contributed by atoms with van der Waals surface area (Å²) in [5.41, 5.74) is 2.34. The zero-order valence-electron chi connectivity index (χ0n) is 10.9. The first-order valence-electron chi connectivity index (χ1n) is 6.28. The fourth-order valence-corrected chi connectivity index (χ4v) is 1.87. The van der Waals surface area contributed by atoms with Crippen LogP contribution < -0.4 is 0 Å². The SMILES string of the molecule is CCc1cc(CC)n(-c2ncnc(CC)c2F)n1. The molecule has 96 valence electrons. The molecule has 4 nitrogen and oxygen atoms in total. The number of aromatic nitrogens is 4. The number of aryl methyl sites for hydroxylation is 3. The predicted molar refractivity (Wildman–Crippen MR) is 67.2 cm³/mol. The molecule has 0 bridgehead atoms. The van der Waals surface area contributed by atoms with E-state index in [1.807, 2.05) is 26.8 Å². The molecule has 0 saturated carbocycles. The number of halogens is 1. The van der Waals surface area contributed by atoms with Gasteiger partial charge in [-0.15, -0.1) is 0 Å². The topological polar surface area (TPSA) is 43.6 Å². The Labute approximate surface area is 106 Å². The van der Waals surface area contributed by atoms with Crippen molar-refractivity contribution in [1.29, 1.82) is 0 Å². The lowest BCUT2D eigenvalue weighted by atomic mass is 10.2. The van der Waals surface area contributed by atoms with Crippen molar-refractivity contribution in [3.05, 3.63) is 35.3 Å². The molecule has 0 aromatic carbocycles. The van der Waals surface area contributed by atoms with E-state index in [0.29, 0.717) is 12.1 Å². The summed E-state index contributed by atoms with van der Waals surface area (Å²) in [5, 5.41) is 4.39. The second-order valence-electron chi connectivity index (χ2n) is 4.06. The molecule has 0 aliphatic rings. The first-order valence-corrected chi connectivity index (χ1v) is 6.28. The molecule has 0 radical (unpaired) electrons. The van der Waals surface area contributed by atoms with Crippen LogP contribution in [0.1, 0.15) is 37.9 Å². The van der Waals surface area contributed by atoms with Crippen molar-refractivity contribution >= 4 is 0 Å². The molecule has 2 rings (SSSR count). The summed E-state index contributed by atoms with van der Waals surface area (Å²) in [7, 11) is 0. The smallest absolute Gasteiger partial charge is 0.193 e. The van der Waals surface area contributed by atoms with Crippen LogP contribution in [0.5, 0.6) is 0 Å². The molecule has 2 aromatic rings. The molecule has 0 amide bonds. The van der Waals surface area contributed by atoms with Crippen LogP contribution in [-0.2, 0) is 19.3 Å². The Hall–Kier alpha value is -1.78. The average Bonchev–Trinajstić information content (AvgIpc) is 2.82. The summed E-state index contributed by atoms with van der Waals surface area (Å²) in [6, 6.07) is 1.99. The first-order chi connectivity index (χ1) is 8.71. The quantitative estimate of drug-likeness (QED) is 0.835. The van der Waals surface area contributed by atoms with E-state index in [9.17, 15) is 4.39 Å². The van der Waals surface area contributed by atoms with Gasteiger partial charge in [0.25, 0.3) is 0 Å². The molecule has 0 saturated heterocycles. The minimum Gasteiger partial charge on any atom is -0.238 e. The van der Waals surface area contributed by atoms with Crippen LogP contribution in [0.4, 0.5) is 4.39 Å². The third kappa shape index (κ3) is 2.12. The van der Waals surface area contributed by atoms with Crippen molar-refractivity contribution in [1.82, 2.24) is 19.7 Å². The van der Waals surface area contributed by atoms with E-state index < -0.39 is 0 Å². The van der Waals surface area contributed by atoms with Crippen molar-refractivity contribution in [2.45, 2.75) is 40.0 Å². The summed E-state index contributed by atoms with van der Waals surface area (Å²) in [4.78, 5) is 7.97. The summed E-state index contributed by atoms with van der Waals surface area (Å²) < 4.78 is 15.8. The predicted octanol–water partition coefficient (Wildman–Crippen LogP) is 2.49. The van der Waals surface area contributed by atoms with Gasteiger partial charge in [0.05, 0.1) is 11.4 Å². The van der Waals surface area contributed by atoms with Crippen LogP contribution in [0.2, 0.25) is 0 Å². The zero-order valence-corrected chi connectivity index (χ0v) is 10.9. The number of hydrogen-bond donors (Lipinski definition) is 0. The fraction of sp³-hybridized carbons (Fsp3) is 0.462. The third-order valence-corrected chi connectivity index (χ3v) is 2.94. The van der Waals surface area contributed by atoms with Gasteiger partial charge in [-0.25, -0.2) is 19.0 Å². The van der Waals surface area contributed by atoms with Gasteiger partial charge in [-0.2, -0.15) is 5.10 Å². The van der Waals surface area contributed by atoms with E-state index in [2.05, 4.69) is 15.1 Å². The van der Waals surface area contributed by atoms with Gasteiger partial charge in [-0.05, 0) is 25.3 Å². The maximum absolute atomic E-state index is 14.2. The van der Waals surface area contributed by atoms with Crippen LogP contribution in [-0.4, -0.2) is 19.7 Å². The molecule has 18 heavy (non-hydrogen) atoms. The summed E-state index contributed by atoms with van der Waals surface area (Å²) >= 11 is 0. The molecule has 2 aromatic heterocycles. The minimum absolute atomic E-state index is 0.249. The van der Waals surface area contributed by atoms with Gasteiger partial charge in [0.2, 0.25) is 0 Å². The van der Waals surface area contributed by atoms with Gasteiger partial charge in [0, 0.05) is 5.69 Å². The van der Waals surface area contributed by atoms with Crippen molar-refractivity contribution < 1.29 is 4.39 Å². The van der Waals surface area contributed by atoms with Crippen molar-refractivity contribution in [3.63, 3.8) is 0 Å². The molecule has 0 fully saturated rings. The molecule has 0 N–H and O–H groups in total. The molecule has 0 spiro atoms. The van der Waals surface area contributed by atoms with Crippen LogP contribution in [0.3, 0.4) is 0 Å². The molecule has 2 heterocycles. The second kappa shape index (κ2) is 5.25. The Kier molecular flexibility index (Phi) is 3.69. The van der Waals surface area contributed by atoms with Crippen molar-refractivity contribution in [2.75, 3.05) is 0 Å². The molecular weight excluding hydrogens is 231 g/mol. The van der Waals surface area contributed by atoms with E-state index in [0.717, 1.165) is 24.2 Å². The fourth-order valence-electron chi connectivity index (χ4n) is 1.87. The van der Waals surface area contributed by atoms with Crippen LogP contribution in [0, 0.1) is 5.82 Å². The highest BCUT2D eigenvalue weighted by atomic mass is 19.1. The Morgan fingerprint density at radius 1 is 1.11 bits per heavy atom. The van der Waals surface area contributed by atoms with Gasteiger partial charge >= 0.3 is 0 Å². The van der Waals surface area contributed by atoms with Crippen molar-refractivity contribution in [3.8, 4) is 5.82 Å². The summed E-state index contributed by atoms with van der Waals surface area (Å²) in [6.45, 7) is 5.92. The van der Waals surface area contributed by atoms with Crippen molar-refractivity contribution in [2.24, 2.45) is 0 Å². The van der Waals surface area contributed by atoms with Gasteiger partial charge < -0.3 is 0 Å². The molecule has 5 heteroatoms. The largest absolute Gasteiger partial charge is 0.238 e. The van der Waals surface area contributed by atoms with Crippen LogP contribution in [0.15, 0.2) is 12.4 Å².